The first-order valence-electron chi connectivity index (χ1n) is 9.67. The zero-order valence-corrected chi connectivity index (χ0v) is 16.9. The van der Waals surface area contributed by atoms with Crippen LogP contribution >= 0.6 is 0 Å². The van der Waals surface area contributed by atoms with E-state index in [1.54, 1.807) is 0 Å². The fourth-order valence-electron chi connectivity index (χ4n) is 3.03. The van der Waals surface area contributed by atoms with Crippen LogP contribution in [0.15, 0.2) is 0 Å². The molecule has 0 radical (unpaired) electrons. The van der Waals surface area contributed by atoms with Gasteiger partial charge in [0.15, 0.2) is 0 Å². The molecule has 152 valence electrons. The van der Waals surface area contributed by atoms with Crippen molar-refractivity contribution < 1.29 is 14.7 Å². The normalized spacial score (nSPS) is 20.5. The van der Waals surface area contributed by atoms with Crippen molar-refractivity contribution in [1.82, 2.24) is 24.9 Å². The van der Waals surface area contributed by atoms with Gasteiger partial charge in [-0.15, -0.1) is 0 Å². The third-order valence-corrected chi connectivity index (χ3v) is 4.68. The zero-order valence-electron chi connectivity index (χ0n) is 16.9. The lowest BCUT2D eigenvalue weighted by molar-refractivity contribution is -0.138. The minimum absolute atomic E-state index is 0.0247. The van der Waals surface area contributed by atoms with E-state index < -0.39 is 5.97 Å². The molecule has 0 aromatic rings. The van der Waals surface area contributed by atoms with Gasteiger partial charge in [-0.2, -0.15) is 0 Å². The number of likely N-dealkylation sites (N-methyl/N-ethyl adjacent to an activating group) is 2. The maximum Gasteiger partial charge on any atom is 0.317 e. The summed E-state index contributed by atoms with van der Waals surface area (Å²) < 4.78 is 0. The second-order valence-electron chi connectivity index (χ2n) is 7.41. The van der Waals surface area contributed by atoms with Crippen molar-refractivity contribution in [3.05, 3.63) is 0 Å². The molecule has 1 amide bonds. The first-order valence-corrected chi connectivity index (χ1v) is 9.67. The van der Waals surface area contributed by atoms with E-state index in [4.69, 9.17) is 0 Å². The first kappa shape index (κ1) is 22.8. The van der Waals surface area contributed by atoms with Gasteiger partial charge >= 0.3 is 5.97 Å². The van der Waals surface area contributed by atoms with Gasteiger partial charge in [0, 0.05) is 58.4 Å². The summed E-state index contributed by atoms with van der Waals surface area (Å²) in [6, 6.07) is 0.126. The molecule has 1 heterocycles. The quantitative estimate of drug-likeness (QED) is 0.650. The van der Waals surface area contributed by atoms with E-state index in [9.17, 15) is 14.7 Å². The van der Waals surface area contributed by atoms with Crippen LogP contribution in [0.1, 0.15) is 20.8 Å². The molecule has 1 aliphatic heterocycles. The lowest BCUT2D eigenvalue weighted by Gasteiger charge is -2.32. The summed E-state index contributed by atoms with van der Waals surface area (Å²) in [5.74, 6) is -0.777. The lowest BCUT2D eigenvalue weighted by atomic mass is 10.3. The molecule has 2 N–H and O–H groups in total. The number of hydrogen-bond donors (Lipinski definition) is 2. The highest BCUT2D eigenvalue weighted by Crippen LogP contribution is 2.00. The van der Waals surface area contributed by atoms with Crippen molar-refractivity contribution in [1.29, 1.82) is 0 Å². The Morgan fingerprint density at radius 2 is 1.35 bits per heavy atom. The van der Waals surface area contributed by atoms with E-state index in [0.29, 0.717) is 19.6 Å². The van der Waals surface area contributed by atoms with Crippen LogP contribution in [0, 0.1) is 0 Å². The SMILES string of the molecule is CCN1CCN(C)CCN(CC(=O)NC(C)C)CCN(CC(=O)O)CC1. The third kappa shape index (κ3) is 10.1. The molecule has 0 bridgehead atoms. The average Bonchev–Trinajstić information content (AvgIpc) is 2.54. The number of carbonyl (C=O) groups excluding carboxylic acids is 1. The van der Waals surface area contributed by atoms with Gasteiger partial charge in [-0.1, -0.05) is 6.92 Å². The summed E-state index contributed by atoms with van der Waals surface area (Å²) >= 11 is 0. The topological polar surface area (TPSA) is 79.4 Å². The lowest BCUT2D eigenvalue weighted by Crippen LogP contribution is -2.48. The fraction of sp³-hybridized carbons (Fsp3) is 0.889. The van der Waals surface area contributed by atoms with Crippen molar-refractivity contribution in [3.8, 4) is 0 Å². The smallest absolute Gasteiger partial charge is 0.317 e. The molecule has 26 heavy (non-hydrogen) atoms. The number of aliphatic carboxylic acids is 1. The molecule has 0 aliphatic carbocycles. The van der Waals surface area contributed by atoms with E-state index in [0.717, 1.165) is 45.8 Å². The van der Waals surface area contributed by atoms with Crippen molar-refractivity contribution in [2.75, 3.05) is 79.0 Å². The molecule has 0 aromatic heterocycles. The highest BCUT2D eigenvalue weighted by Gasteiger charge is 2.18. The Morgan fingerprint density at radius 3 is 1.85 bits per heavy atom. The summed E-state index contributed by atoms with van der Waals surface area (Å²) in [6.07, 6.45) is 0. The Bertz CT molecular complexity index is 433. The number of nitrogens with zero attached hydrogens (tertiary/aromatic N) is 4. The molecule has 8 nitrogen and oxygen atoms in total. The number of nitrogens with one attached hydrogen (secondary N) is 1. The predicted octanol–water partition coefficient (Wildman–Crippen LogP) is -0.533. The van der Waals surface area contributed by atoms with Crippen LogP contribution in [-0.2, 0) is 9.59 Å². The van der Waals surface area contributed by atoms with Crippen molar-refractivity contribution >= 4 is 11.9 Å². The standard InChI is InChI=1S/C18H37N5O3/c1-5-21-8-6-20(4)7-9-22(14-17(24)19-16(2)3)12-13-23(11-10-21)15-18(25)26/h16H,5-15H2,1-4H3,(H,19,24)(H,25,26). The minimum atomic E-state index is -0.802. The van der Waals surface area contributed by atoms with Gasteiger partial charge in [0.1, 0.15) is 0 Å². The summed E-state index contributed by atoms with van der Waals surface area (Å²) in [6.45, 7) is 14.0. The summed E-state index contributed by atoms with van der Waals surface area (Å²) in [4.78, 5) is 32.1. The molecule has 0 saturated carbocycles. The monoisotopic (exact) mass is 371 g/mol. The van der Waals surface area contributed by atoms with Gasteiger partial charge in [0.05, 0.1) is 13.1 Å². The molecule has 0 spiro atoms. The van der Waals surface area contributed by atoms with Crippen molar-refractivity contribution in [2.24, 2.45) is 0 Å². The van der Waals surface area contributed by atoms with Crippen LogP contribution in [0.4, 0.5) is 0 Å². The summed E-state index contributed by atoms with van der Waals surface area (Å²) in [7, 11) is 2.11. The highest BCUT2D eigenvalue weighted by molar-refractivity contribution is 5.78. The van der Waals surface area contributed by atoms with Gasteiger partial charge in [-0.25, -0.2) is 0 Å². The van der Waals surface area contributed by atoms with Gasteiger partial charge in [0.2, 0.25) is 5.91 Å². The largest absolute Gasteiger partial charge is 0.480 e. The predicted molar refractivity (Wildman–Crippen MR) is 103 cm³/mol. The molecule has 1 fully saturated rings. The van der Waals surface area contributed by atoms with Crippen LogP contribution in [0.5, 0.6) is 0 Å². The third-order valence-electron chi connectivity index (χ3n) is 4.68. The second kappa shape index (κ2) is 12.2. The van der Waals surface area contributed by atoms with Crippen molar-refractivity contribution in [2.45, 2.75) is 26.8 Å². The zero-order chi connectivity index (χ0) is 19.5. The highest BCUT2D eigenvalue weighted by atomic mass is 16.4. The van der Waals surface area contributed by atoms with Gasteiger partial charge in [0.25, 0.3) is 0 Å². The summed E-state index contributed by atoms with van der Waals surface area (Å²) in [5.41, 5.74) is 0. The van der Waals surface area contributed by atoms with Crippen LogP contribution in [-0.4, -0.2) is 122 Å². The van der Waals surface area contributed by atoms with E-state index in [1.165, 1.54) is 0 Å². The number of carboxylic acid groups (broad SMARTS) is 1. The van der Waals surface area contributed by atoms with Crippen LogP contribution < -0.4 is 5.32 Å². The van der Waals surface area contributed by atoms with E-state index in [2.05, 4.69) is 34.0 Å². The Hall–Kier alpha value is -1.22. The Morgan fingerprint density at radius 1 is 0.885 bits per heavy atom. The van der Waals surface area contributed by atoms with Crippen LogP contribution in [0.2, 0.25) is 0 Å². The molecule has 1 aliphatic rings. The molecular formula is C18H37N5O3. The molecule has 1 saturated heterocycles. The number of hydrogen-bond acceptors (Lipinski definition) is 6. The fourth-order valence-corrected chi connectivity index (χ4v) is 3.03. The van der Waals surface area contributed by atoms with Crippen LogP contribution in [0.25, 0.3) is 0 Å². The molecule has 1 rings (SSSR count). The number of carbonyl (C=O) groups is 2. The van der Waals surface area contributed by atoms with Gasteiger partial charge in [-0.05, 0) is 27.4 Å². The number of amides is 1. The van der Waals surface area contributed by atoms with E-state index in [-0.39, 0.29) is 18.5 Å². The summed E-state index contributed by atoms with van der Waals surface area (Å²) in [5, 5.41) is 12.1. The Balaban J connectivity index is 2.72. The Labute approximate surface area is 158 Å². The number of rotatable bonds is 6. The molecular weight excluding hydrogens is 334 g/mol. The van der Waals surface area contributed by atoms with Gasteiger partial charge in [-0.3, -0.25) is 19.4 Å². The molecule has 8 heteroatoms. The molecule has 0 unspecified atom stereocenters. The van der Waals surface area contributed by atoms with E-state index >= 15 is 0 Å². The number of carboxylic acids is 1. The van der Waals surface area contributed by atoms with Crippen LogP contribution in [0.3, 0.4) is 0 Å². The molecule has 0 aromatic carbocycles. The second-order valence-corrected chi connectivity index (χ2v) is 7.41. The van der Waals surface area contributed by atoms with E-state index in [1.807, 2.05) is 18.7 Å². The average molecular weight is 372 g/mol. The Kier molecular flexibility index (Phi) is 10.7. The van der Waals surface area contributed by atoms with Gasteiger partial charge < -0.3 is 20.2 Å². The first-order chi connectivity index (χ1) is 12.3. The maximum absolute atomic E-state index is 12.1. The maximum atomic E-state index is 12.1. The minimum Gasteiger partial charge on any atom is -0.480 e. The van der Waals surface area contributed by atoms with Crippen molar-refractivity contribution in [3.63, 3.8) is 0 Å². The molecule has 0 atom stereocenters.